The largest absolute Gasteiger partial charge is 0.436 e. The second-order valence-corrected chi connectivity index (χ2v) is 4.35. The van der Waals surface area contributed by atoms with Gasteiger partial charge in [0.25, 0.3) is 0 Å². The van der Waals surface area contributed by atoms with Crippen molar-refractivity contribution < 1.29 is 14.3 Å². The minimum absolute atomic E-state index is 0.00270. The van der Waals surface area contributed by atoms with E-state index in [1.807, 2.05) is 13.8 Å². The lowest BCUT2D eigenvalue weighted by Gasteiger charge is -2.44. The van der Waals surface area contributed by atoms with Crippen LogP contribution in [0.5, 0.6) is 0 Å². The van der Waals surface area contributed by atoms with Crippen LogP contribution >= 0.6 is 0 Å². The van der Waals surface area contributed by atoms with Gasteiger partial charge in [-0.05, 0) is 19.3 Å². The monoisotopic (exact) mass is 251 g/mol. The number of hydrogen-bond acceptors (Lipinski definition) is 3. The summed E-state index contributed by atoms with van der Waals surface area (Å²) >= 11 is 0. The fourth-order valence-corrected chi connectivity index (χ4v) is 2.65. The Labute approximate surface area is 109 Å². The van der Waals surface area contributed by atoms with Crippen molar-refractivity contribution in [3.63, 3.8) is 0 Å². The Balaban J connectivity index is 0.000000771. The second-order valence-electron chi connectivity index (χ2n) is 4.35. The molecule has 2 unspecified atom stereocenters. The van der Waals surface area contributed by atoms with Gasteiger partial charge in [-0.25, -0.2) is 4.79 Å². The molecule has 0 aromatic carbocycles. The number of Topliss-reactive ketones (excluding diaryl/α,β-unsaturated/α-hetero) is 1. The zero-order valence-corrected chi connectivity index (χ0v) is 11.1. The number of amides is 1. The Hall–Kier alpha value is -1.50. The second kappa shape index (κ2) is 7.05. The molecule has 1 amide bonds. The van der Waals surface area contributed by atoms with Crippen molar-refractivity contribution in [2.24, 2.45) is 0 Å². The Bertz CT molecular complexity index is 329. The normalized spacial score (nSPS) is 25.6. The highest BCUT2D eigenvalue weighted by atomic mass is 16.6. The fourth-order valence-electron chi connectivity index (χ4n) is 2.65. The van der Waals surface area contributed by atoms with Crippen molar-refractivity contribution in [1.82, 2.24) is 4.90 Å². The Kier molecular flexibility index (Phi) is 5.70. The molecular weight excluding hydrogens is 230 g/mol. The predicted octanol–water partition coefficient (Wildman–Crippen LogP) is 2.37. The van der Waals surface area contributed by atoms with E-state index in [9.17, 15) is 9.59 Å². The van der Waals surface area contributed by atoms with Crippen molar-refractivity contribution in [1.29, 1.82) is 0 Å². The molecule has 0 spiro atoms. The van der Waals surface area contributed by atoms with Gasteiger partial charge in [-0.3, -0.25) is 4.79 Å². The van der Waals surface area contributed by atoms with Crippen LogP contribution in [0.4, 0.5) is 4.79 Å². The standard InChI is InChI=1S/C12H15NO3.C2H6/c1-2-6-16-12(15)13-9-4-3-5-10(13)8-11(14)7-9;1-2/h1,9-10H,3-8H2;1-2H3. The van der Waals surface area contributed by atoms with Gasteiger partial charge in [0.05, 0.1) is 0 Å². The predicted molar refractivity (Wildman–Crippen MR) is 69.0 cm³/mol. The lowest BCUT2D eigenvalue weighted by molar-refractivity contribution is -0.126. The van der Waals surface area contributed by atoms with Gasteiger partial charge in [0, 0.05) is 24.9 Å². The Morgan fingerprint density at radius 1 is 1.39 bits per heavy atom. The van der Waals surface area contributed by atoms with Crippen LogP contribution in [0.25, 0.3) is 0 Å². The Morgan fingerprint density at radius 3 is 2.44 bits per heavy atom. The Morgan fingerprint density at radius 2 is 1.94 bits per heavy atom. The zero-order valence-electron chi connectivity index (χ0n) is 11.1. The first-order chi connectivity index (χ1) is 8.72. The molecule has 2 atom stereocenters. The molecule has 18 heavy (non-hydrogen) atoms. The van der Waals surface area contributed by atoms with E-state index in [0.717, 1.165) is 19.3 Å². The van der Waals surface area contributed by atoms with Crippen molar-refractivity contribution in [2.45, 2.75) is 58.0 Å². The SMILES string of the molecule is C#CCOC(=O)N1C2CCCC1CC(=O)C2.CC. The quantitative estimate of drug-likeness (QED) is 0.672. The maximum absolute atomic E-state index is 11.8. The number of nitrogens with zero attached hydrogens (tertiary/aromatic N) is 1. The van der Waals surface area contributed by atoms with E-state index in [1.165, 1.54) is 0 Å². The van der Waals surface area contributed by atoms with E-state index in [2.05, 4.69) is 5.92 Å². The van der Waals surface area contributed by atoms with Crippen molar-refractivity contribution >= 4 is 11.9 Å². The molecule has 2 rings (SSSR count). The molecule has 100 valence electrons. The molecule has 2 fully saturated rings. The molecule has 2 heterocycles. The third-order valence-electron chi connectivity index (χ3n) is 3.28. The molecule has 0 N–H and O–H groups in total. The highest BCUT2D eigenvalue weighted by molar-refractivity contribution is 5.83. The van der Waals surface area contributed by atoms with Crippen LogP contribution in [-0.2, 0) is 9.53 Å². The fraction of sp³-hybridized carbons (Fsp3) is 0.714. The molecule has 2 aliphatic heterocycles. The van der Waals surface area contributed by atoms with Crippen molar-refractivity contribution in [3.8, 4) is 12.3 Å². The maximum atomic E-state index is 11.8. The average Bonchev–Trinajstić information content (AvgIpc) is 2.37. The number of fused-ring (bicyclic) bond motifs is 2. The van der Waals surface area contributed by atoms with Crippen LogP contribution in [0.3, 0.4) is 0 Å². The van der Waals surface area contributed by atoms with Crippen LogP contribution in [-0.4, -0.2) is 35.5 Å². The molecule has 0 aliphatic carbocycles. The van der Waals surface area contributed by atoms with Gasteiger partial charge < -0.3 is 9.64 Å². The van der Waals surface area contributed by atoms with E-state index in [4.69, 9.17) is 11.2 Å². The third-order valence-corrected chi connectivity index (χ3v) is 3.28. The maximum Gasteiger partial charge on any atom is 0.411 e. The van der Waals surface area contributed by atoms with Crippen LogP contribution in [0, 0.1) is 12.3 Å². The van der Waals surface area contributed by atoms with Gasteiger partial charge in [-0.15, -0.1) is 6.42 Å². The average molecular weight is 251 g/mol. The third kappa shape index (κ3) is 3.25. The smallest absolute Gasteiger partial charge is 0.411 e. The van der Waals surface area contributed by atoms with Crippen LogP contribution < -0.4 is 0 Å². The van der Waals surface area contributed by atoms with E-state index in [1.54, 1.807) is 4.90 Å². The summed E-state index contributed by atoms with van der Waals surface area (Å²) in [4.78, 5) is 24.9. The van der Waals surface area contributed by atoms with Gasteiger partial charge in [0.1, 0.15) is 5.78 Å². The number of carbonyl (C=O) groups is 2. The first kappa shape index (κ1) is 14.6. The summed E-state index contributed by atoms with van der Waals surface area (Å²) in [7, 11) is 0. The molecule has 2 aliphatic rings. The summed E-state index contributed by atoms with van der Waals surface area (Å²) in [5.74, 6) is 2.54. The molecule has 0 radical (unpaired) electrons. The van der Waals surface area contributed by atoms with Crippen LogP contribution in [0.15, 0.2) is 0 Å². The summed E-state index contributed by atoms with van der Waals surface area (Å²) < 4.78 is 4.94. The van der Waals surface area contributed by atoms with Gasteiger partial charge >= 0.3 is 6.09 Å². The molecule has 0 aromatic heterocycles. The highest BCUT2D eigenvalue weighted by Crippen LogP contribution is 2.32. The number of hydrogen-bond donors (Lipinski definition) is 0. The van der Waals surface area contributed by atoms with E-state index < -0.39 is 0 Å². The highest BCUT2D eigenvalue weighted by Gasteiger charge is 2.40. The summed E-state index contributed by atoms with van der Waals surface area (Å²) in [6, 6.07) is 0.0653. The zero-order chi connectivity index (χ0) is 13.5. The topological polar surface area (TPSA) is 46.6 Å². The van der Waals surface area contributed by atoms with Gasteiger partial charge in [-0.1, -0.05) is 19.8 Å². The first-order valence-corrected chi connectivity index (χ1v) is 6.62. The minimum Gasteiger partial charge on any atom is -0.436 e. The molecule has 2 saturated heterocycles. The van der Waals surface area contributed by atoms with Crippen LogP contribution in [0.1, 0.15) is 46.0 Å². The molecule has 2 bridgehead atoms. The summed E-state index contributed by atoms with van der Waals surface area (Å²) in [5.41, 5.74) is 0. The number of terminal acetylenes is 1. The number of rotatable bonds is 1. The lowest BCUT2D eigenvalue weighted by atomic mass is 9.84. The summed E-state index contributed by atoms with van der Waals surface area (Å²) in [5, 5.41) is 0. The number of carbonyl (C=O) groups excluding carboxylic acids is 2. The molecule has 0 saturated carbocycles. The van der Waals surface area contributed by atoms with Gasteiger partial charge in [0.2, 0.25) is 0 Å². The molecule has 4 nitrogen and oxygen atoms in total. The minimum atomic E-state index is -0.361. The first-order valence-electron chi connectivity index (χ1n) is 6.62. The van der Waals surface area contributed by atoms with E-state index in [0.29, 0.717) is 12.8 Å². The molecule has 0 aromatic rings. The number of ether oxygens (including phenoxy) is 1. The number of piperidine rings is 2. The van der Waals surface area contributed by atoms with E-state index in [-0.39, 0.29) is 30.6 Å². The molecular formula is C14H21NO3. The van der Waals surface area contributed by atoms with Crippen LogP contribution in [0.2, 0.25) is 0 Å². The van der Waals surface area contributed by atoms with Crippen molar-refractivity contribution in [2.75, 3.05) is 6.61 Å². The van der Waals surface area contributed by atoms with Gasteiger partial charge in [-0.2, -0.15) is 0 Å². The molecule has 4 heteroatoms. The van der Waals surface area contributed by atoms with Gasteiger partial charge in [0.15, 0.2) is 6.61 Å². The summed E-state index contributed by atoms with van der Waals surface area (Å²) in [6.07, 6.45) is 8.51. The lowest BCUT2D eigenvalue weighted by Crippen LogP contribution is -2.55. The summed E-state index contributed by atoms with van der Waals surface area (Å²) in [6.45, 7) is 4.00. The van der Waals surface area contributed by atoms with E-state index >= 15 is 0 Å². The van der Waals surface area contributed by atoms with Crippen molar-refractivity contribution in [3.05, 3.63) is 0 Å². The number of ketones is 1.